The number of hydrogen-bond acceptors (Lipinski definition) is 2. The van der Waals surface area contributed by atoms with E-state index in [4.69, 9.17) is 9.97 Å². The van der Waals surface area contributed by atoms with E-state index in [1.165, 1.54) is 32.1 Å². The normalized spacial score (nSPS) is 35.6. The van der Waals surface area contributed by atoms with Crippen molar-refractivity contribution in [2.45, 2.75) is 43.9 Å². The van der Waals surface area contributed by atoms with E-state index in [2.05, 4.69) is 91.0 Å². The van der Waals surface area contributed by atoms with Gasteiger partial charge in [0.05, 0.1) is 11.4 Å². The number of nitrogens with zero attached hydrogens (tertiary/aromatic N) is 2. The minimum Gasteiger partial charge on any atom is -0.228 e. The topological polar surface area (TPSA) is 25.8 Å². The Bertz CT molecular complexity index is 1430. The number of aromatic nitrogens is 2. The molecule has 0 spiro atoms. The van der Waals surface area contributed by atoms with Crippen LogP contribution in [-0.2, 0) is 5.41 Å². The fraction of sp³-hybridized carbons (Fsp3) is 0.389. The van der Waals surface area contributed by atoms with Crippen LogP contribution in [0, 0.1) is 41.4 Å². The average Bonchev–Trinajstić information content (AvgIpc) is 3.00. The molecule has 7 saturated carbocycles. The van der Waals surface area contributed by atoms with Crippen LogP contribution in [0.4, 0.5) is 0 Å². The van der Waals surface area contributed by atoms with E-state index < -0.39 is 0 Å². The molecule has 3 aromatic carbocycles. The fourth-order valence-corrected chi connectivity index (χ4v) is 10.5. The molecule has 4 aromatic rings. The van der Waals surface area contributed by atoms with Crippen LogP contribution in [0.1, 0.15) is 44.1 Å². The molecular formula is C36H34N2. The monoisotopic (exact) mass is 494 g/mol. The van der Waals surface area contributed by atoms with Gasteiger partial charge in [-0.1, -0.05) is 84.9 Å². The van der Waals surface area contributed by atoms with E-state index in [9.17, 15) is 0 Å². The lowest BCUT2D eigenvalue weighted by Gasteiger charge is -2.74. The quantitative estimate of drug-likeness (QED) is 0.284. The van der Waals surface area contributed by atoms with Gasteiger partial charge < -0.3 is 0 Å². The molecule has 38 heavy (non-hydrogen) atoms. The van der Waals surface area contributed by atoms with Crippen LogP contribution in [0.15, 0.2) is 91.0 Å². The van der Waals surface area contributed by atoms with Gasteiger partial charge in [-0.15, -0.1) is 0 Å². The van der Waals surface area contributed by atoms with Crippen molar-refractivity contribution in [2.24, 2.45) is 41.4 Å². The van der Waals surface area contributed by atoms with Gasteiger partial charge in [0.1, 0.15) is 0 Å². The second-order valence-electron chi connectivity index (χ2n) is 13.1. The minimum atomic E-state index is 0.449. The van der Waals surface area contributed by atoms with Crippen LogP contribution in [0.5, 0.6) is 0 Å². The van der Waals surface area contributed by atoms with Crippen LogP contribution in [0.25, 0.3) is 33.9 Å². The Kier molecular flexibility index (Phi) is 4.49. The highest BCUT2D eigenvalue weighted by atomic mass is 14.9. The molecule has 7 aliphatic carbocycles. The minimum absolute atomic E-state index is 0.449. The second-order valence-corrected chi connectivity index (χ2v) is 13.1. The van der Waals surface area contributed by atoms with Crippen molar-refractivity contribution >= 4 is 0 Å². The van der Waals surface area contributed by atoms with E-state index in [1.54, 1.807) is 12.0 Å². The predicted octanol–water partition coefficient (Wildman–Crippen LogP) is 8.44. The standard InChI is InChI=1S/C36H34N2/c1-3-7-24(8-4-1)33-20-34(25-9-5-2-6-10-25)38-35(37-33)26-11-13-27(14-12-26)36-21-23-16-29-28-15-22(18-31(29)36)19-32(36)30(28)17-23/h1-14,20,22-23,28-32H,15-19,21H2. The first kappa shape index (κ1) is 21.6. The zero-order valence-electron chi connectivity index (χ0n) is 21.8. The first-order chi connectivity index (χ1) is 18.8. The molecular weight excluding hydrogens is 460 g/mol. The van der Waals surface area contributed by atoms with Crippen molar-refractivity contribution in [3.05, 3.63) is 96.6 Å². The first-order valence-corrected chi connectivity index (χ1v) is 14.9. The molecule has 0 radical (unpaired) electrons. The molecule has 7 aliphatic rings. The summed E-state index contributed by atoms with van der Waals surface area (Å²) in [5.41, 5.74) is 7.43. The summed E-state index contributed by atoms with van der Waals surface area (Å²) in [6, 6.07) is 32.8. The molecule has 11 rings (SSSR count). The molecule has 0 amide bonds. The summed E-state index contributed by atoms with van der Waals surface area (Å²) in [7, 11) is 0. The summed E-state index contributed by atoms with van der Waals surface area (Å²) in [6.07, 6.45) is 9.08. The second kappa shape index (κ2) is 7.88. The number of hydrogen-bond donors (Lipinski definition) is 0. The van der Waals surface area contributed by atoms with Gasteiger partial charge in [0, 0.05) is 22.1 Å². The van der Waals surface area contributed by atoms with E-state index in [-0.39, 0.29) is 0 Å². The van der Waals surface area contributed by atoms with Gasteiger partial charge in [-0.05, 0) is 91.6 Å². The fourth-order valence-electron chi connectivity index (χ4n) is 10.5. The molecule has 188 valence electrons. The van der Waals surface area contributed by atoms with Crippen LogP contribution >= 0.6 is 0 Å². The van der Waals surface area contributed by atoms with Crippen molar-refractivity contribution in [1.82, 2.24) is 9.97 Å². The first-order valence-electron chi connectivity index (χ1n) is 14.9. The Balaban J connectivity index is 1.13. The van der Waals surface area contributed by atoms with Crippen molar-refractivity contribution in [3.8, 4) is 33.9 Å². The highest BCUT2D eigenvalue weighted by Gasteiger charge is 2.70. The molecule has 1 aromatic heterocycles. The zero-order chi connectivity index (χ0) is 24.8. The molecule has 0 saturated heterocycles. The maximum atomic E-state index is 5.08. The summed E-state index contributed by atoms with van der Waals surface area (Å²) in [5, 5.41) is 0. The number of rotatable bonds is 4. The Morgan fingerprint density at radius 1 is 0.526 bits per heavy atom. The van der Waals surface area contributed by atoms with Gasteiger partial charge in [-0.25, -0.2) is 9.97 Å². The van der Waals surface area contributed by atoms with Gasteiger partial charge in [-0.3, -0.25) is 0 Å². The molecule has 0 aliphatic heterocycles. The van der Waals surface area contributed by atoms with Gasteiger partial charge >= 0.3 is 0 Å². The third-order valence-electron chi connectivity index (χ3n) is 11.6. The third kappa shape index (κ3) is 2.95. The van der Waals surface area contributed by atoms with Crippen molar-refractivity contribution in [1.29, 1.82) is 0 Å². The molecule has 4 atom stereocenters. The van der Waals surface area contributed by atoms with E-state index >= 15 is 0 Å². The van der Waals surface area contributed by atoms with Crippen LogP contribution in [0.3, 0.4) is 0 Å². The average molecular weight is 495 g/mol. The third-order valence-corrected chi connectivity index (χ3v) is 11.6. The smallest absolute Gasteiger partial charge is 0.160 e. The summed E-state index contributed by atoms with van der Waals surface area (Å²) >= 11 is 0. The highest BCUT2D eigenvalue weighted by molar-refractivity contribution is 5.71. The lowest BCUT2D eigenvalue weighted by atomic mass is 9.30. The van der Waals surface area contributed by atoms with E-state index in [0.29, 0.717) is 5.41 Å². The van der Waals surface area contributed by atoms with Gasteiger partial charge in [-0.2, -0.15) is 0 Å². The summed E-state index contributed by atoms with van der Waals surface area (Å²) < 4.78 is 0. The largest absolute Gasteiger partial charge is 0.228 e. The number of benzene rings is 3. The maximum absolute atomic E-state index is 5.08. The molecule has 2 heteroatoms. The molecule has 7 fully saturated rings. The van der Waals surface area contributed by atoms with E-state index in [1.807, 2.05) is 0 Å². The highest BCUT2D eigenvalue weighted by Crippen LogP contribution is 2.76. The van der Waals surface area contributed by atoms with Crippen LogP contribution in [-0.4, -0.2) is 9.97 Å². The van der Waals surface area contributed by atoms with Crippen molar-refractivity contribution in [2.75, 3.05) is 0 Å². The summed E-state index contributed by atoms with van der Waals surface area (Å²) in [4.78, 5) is 10.2. The molecule has 8 bridgehead atoms. The Morgan fingerprint density at radius 3 is 1.66 bits per heavy atom. The van der Waals surface area contributed by atoms with Crippen molar-refractivity contribution in [3.63, 3.8) is 0 Å². The summed E-state index contributed by atoms with van der Waals surface area (Å²) in [6.45, 7) is 0. The molecule has 4 unspecified atom stereocenters. The Labute approximate surface area is 225 Å². The van der Waals surface area contributed by atoms with E-state index in [0.717, 1.165) is 75.3 Å². The summed E-state index contributed by atoms with van der Waals surface area (Å²) in [5.74, 6) is 7.78. The Morgan fingerprint density at radius 2 is 1.08 bits per heavy atom. The maximum Gasteiger partial charge on any atom is 0.160 e. The molecule has 1 heterocycles. The van der Waals surface area contributed by atoms with Gasteiger partial charge in [0.25, 0.3) is 0 Å². The van der Waals surface area contributed by atoms with Crippen LogP contribution in [0.2, 0.25) is 0 Å². The van der Waals surface area contributed by atoms with Gasteiger partial charge in [0.15, 0.2) is 5.82 Å². The Hall–Kier alpha value is -3.26. The van der Waals surface area contributed by atoms with Crippen molar-refractivity contribution < 1.29 is 0 Å². The van der Waals surface area contributed by atoms with Gasteiger partial charge in [0.2, 0.25) is 0 Å². The zero-order valence-corrected chi connectivity index (χ0v) is 21.8. The SMILES string of the molecule is c1ccc(-c2cc(-c3ccccc3)nc(-c3ccc(C45CC6CC7C8CC(CC74)CC5C8C6)cc3)n2)cc1. The lowest BCUT2D eigenvalue weighted by Crippen LogP contribution is -2.69. The van der Waals surface area contributed by atoms with Crippen LogP contribution < -0.4 is 0 Å². The lowest BCUT2D eigenvalue weighted by molar-refractivity contribution is -0.220. The predicted molar refractivity (Wildman–Crippen MR) is 152 cm³/mol. The molecule has 0 N–H and O–H groups in total. The molecule has 2 nitrogen and oxygen atoms in total.